The molecule has 0 aliphatic carbocycles. The molecule has 3 heteroatoms. The van der Waals surface area contributed by atoms with E-state index in [1.54, 1.807) is 11.3 Å². The Labute approximate surface area is 111 Å². The summed E-state index contributed by atoms with van der Waals surface area (Å²) < 4.78 is 0. The fourth-order valence-electron chi connectivity index (χ4n) is 1.80. The van der Waals surface area contributed by atoms with Crippen LogP contribution in [0.1, 0.15) is 22.9 Å². The van der Waals surface area contributed by atoms with Gasteiger partial charge in [-0.25, -0.2) is 0 Å². The highest BCUT2D eigenvalue weighted by atomic mass is 35.5. The first-order chi connectivity index (χ1) is 8.20. The largest absolute Gasteiger partial charge is 0.380 e. The predicted octanol–water partition coefficient (Wildman–Crippen LogP) is 4.88. The summed E-state index contributed by atoms with van der Waals surface area (Å²) >= 11 is 7.75. The summed E-state index contributed by atoms with van der Waals surface area (Å²) in [6.45, 7) is 5.13. The number of benzene rings is 1. The summed E-state index contributed by atoms with van der Waals surface area (Å²) in [6, 6.07) is 8.44. The van der Waals surface area contributed by atoms with Crippen molar-refractivity contribution in [1.29, 1.82) is 0 Å². The molecular formula is C14H16ClNS. The van der Waals surface area contributed by atoms with Crippen LogP contribution >= 0.6 is 22.9 Å². The van der Waals surface area contributed by atoms with Crippen LogP contribution in [-0.4, -0.2) is 0 Å². The molecule has 1 nitrogen and oxygen atoms in total. The van der Waals surface area contributed by atoms with E-state index in [1.807, 2.05) is 11.4 Å². The molecule has 1 aromatic heterocycles. The zero-order chi connectivity index (χ0) is 12.3. The monoisotopic (exact) mass is 265 g/mol. The van der Waals surface area contributed by atoms with E-state index in [-0.39, 0.29) is 0 Å². The third-order valence-electron chi connectivity index (χ3n) is 2.87. The summed E-state index contributed by atoms with van der Waals surface area (Å²) in [5.41, 5.74) is 3.91. The molecule has 90 valence electrons. The molecule has 0 aliphatic rings. The number of hydrogen-bond acceptors (Lipinski definition) is 2. The van der Waals surface area contributed by atoms with Gasteiger partial charge in [0.25, 0.3) is 0 Å². The maximum absolute atomic E-state index is 6.06. The van der Waals surface area contributed by atoms with Gasteiger partial charge in [-0.15, -0.1) is 11.3 Å². The summed E-state index contributed by atoms with van der Waals surface area (Å²) in [5, 5.41) is 6.29. The van der Waals surface area contributed by atoms with Gasteiger partial charge in [0.05, 0.1) is 11.6 Å². The fraction of sp³-hybridized carbons (Fsp3) is 0.286. The molecule has 0 radical (unpaired) electrons. The van der Waals surface area contributed by atoms with Crippen molar-refractivity contribution in [1.82, 2.24) is 0 Å². The van der Waals surface area contributed by atoms with Crippen molar-refractivity contribution < 1.29 is 0 Å². The Bertz CT molecular complexity index is 505. The molecule has 0 saturated heterocycles. The van der Waals surface area contributed by atoms with Gasteiger partial charge in [-0.1, -0.05) is 24.6 Å². The van der Waals surface area contributed by atoms with Crippen molar-refractivity contribution in [3.63, 3.8) is 0 Å². The molecule has 1 heterocycles. The molecule has 2 rings (SSSR count). The first kappa shape index (κ1) is 12.5. The van der Waals surface area contributed by atoms with Crippen molar-refractivity contribution >= 4 is 28.6 Å². The van der Waals surface area contributed by atoms with Gasteiger partial charge in [0.15, 0.2) is 0 Å². The summed E-state index contributed by atoms with van der Waals surface area (Å²) in [5.74, 6) is 0. The van der Waals surface area contributed by atoms with Crippen molar-refractivity contribution in [3.05, 3.63) is 50.7 Å². The van der Waals surface area contributed by atoms with Crippen molar-refractivity contribution in [2.45, 2.75) is 26.8 Å². The second-order valence-corrected chi connectivity index (χ2v) is 5.45. The van der Waals surface area contributed by atoms with E-state index in [4.69, 9.17) is 11.6 Å². The van der Waals surface area contributed by atoms with Crippen LogP contribution < -0.4 is 5.32 Å². The van der Waals surface area contributed by atoms with Crippen LogP contribution in [0.15, 0.2) is 29.6 Å². The summed E-state index contributed by atoms with van der Waals surface area (Å²) in [6.07, 6.45) is 1.07. The van der Waals surface area contributed by atoms with Gasteiger partial charge in [-0.05, 0) is 48.1 Å². The third-order valence-corrected chi connectivity index (χ3v) is 4.26. The van der Waals surface area contributed by atoms with Crippen LogP contribution in [0.2, 0.25) is 5.02 Å². The van der Waals surface area contributed by atoms with Gasteiger partial charge in [0.1, 0.15) is 0 Å². The Hall–Kier alpha value is -0.990. The van der Waals surface area contributed by atoms with Gasteiger partial charge >= 0.3 is 0 Å². The Morgan fingerprint density at radius 1 is 1.29 bits per heavy atom. The molecule has 17 heavy (non-hydrogen) atoms. The molecule has 0 fully saturated rings. The Morgan fingerprint density at radius 3 is 2.76 bits per heavy atom. The quantitative estimate of drug-likeness (QED) is 0.830. The highest BCUT2D eigenvalue weighted by Crippen LogP contribution is 2.23. The molecule has 0 aliphatic heterocycles. The maximum Gasteiger partial charge on any atom is 0.0563 e. The second-order valence-electron chi connectivity index (χ2n) is 4.04. The lowest BCUT2D eigenvalue weighted by molar-refractivity contribution is 1.10. The minimum Gasteiger partial charge on any atom is -0.380 e. The van der Waals surface area contributed by atoms with E-state index < -0.39 is 0 Å². The molecule has 0 amide bonds. The zero-order valence-electron chi connectivity index (χ0n) is 10.1. The molecule has 0 unspecified atom stereocenters. The van der Waals surface area contributed by atoms with Gasteiger partial charge in [-0.3, -0.25) is 0 Å². The minimum absolute atomic E-state index is 0.794. The number of rotatable bonds is 4. The van der Waals surface area contributed by atoms with Gasteiger partial charge in [0, 0.05) is 10.6 Å². The van der Waals surface area contributed by atoms with Gasteiger partial charge in [-0.2, -0.15) is 0 Å². The minimum atomic E-state index is 0.794. The van der Waals surface area contributed by atoms with Gasteiger partial charge < -0.3 is 5.32 Å². The predicted molar refractivity (Wildman–Crippen MR) is 77.2 cm³/mol. The number of thiophene rings is 1. The molecular weight excluding hydrogens is 250 g/mol. The van der Waals surface area contributed by atoms with Crippen LogP contribution in [0, 0.1) is 6.92 Å². The van der Waals surface area contributed by atoms with Crippen LogP contribution in [-0.2, 0) is 13.0 Å². The molecule has 0 bridgehead atoms. The van der Waals surface area contributed by atoms with E-state index in [0.717, 1.165) is 23.7 Å². The van der Waals surface area contributed by atoms with E-state index in [1.165, 1.54) is 16.0 Å². The first-order valence-corrected chi connectivity index (χ1v) is 7.01. The highest BCUT2D eigenvalue weighted by Gasteiger charge is 2.02. The smallest absolute Gasteiger partial charge is 0.0563 e. The van der Waals surface area contributed by atoms with Crippen LogP contribution in [0.5, 0.6) is 0 Å². The van der Waals surface area contributed by atoms with Gasteiger partial charge in [0.2, 0.25) is 0 Å². The van der Waals surface area contributed by atoms with Crippen LogP contribution in [0.25, 0.3) is 0 Å². The average molecular weight is 266 g/mol. The molecule has 0 saturated carbocycles. The van der Waals surface area contributed by atoms with E-state index >= 15 is 0 Å². The van der Waals surface area contributed by atoms with Crippen molar-refractivity contribution in [3.8, 4) is 0 Å². The topological polar surface area (TPSA) is 12.0 Å². The zero-order valence-corrected chi connectivity index (χ0v) is 11.7. The standard InChI is InChI=1S/C14H16ClNS/c1-3-11-8-12(5-4-10(11)2)16-9-14-13(15)6-7-17-14/h4-8,16H,3,9H2,1-2H3. The van der Waals surface area contributed by atoms with E-state index in [2.05, 4.69) is 37.4 Å². The average Bonchev–Trinajstić information content (AvgIpc) is 2.74. The lowest BCUT2D eigenvalue weighted by atomic mass is 10.1. The highest BCUT2D eigenvalue weighted by molar-refractivity contribution is 7.10. The Kier molecular flexibility index (Phi) is 4.08. The summed E-state index contributed by atoms with van der Waals surface area (Å²) in [4.78, 5) is 1.19. The van der Waals surface area contributed by atoms with Crippen molar-refractivity contribution in [2.75, 3.05) is 5.32 Å². The maximum atomic E-state index is 6.06. The fourth-order valence-corrected chi connectivity index (χ4v) is 2.84. The number of anilines is 1. The van der Waals surface area contributed by atoms with E-state index in [9.17, 15) is 0 Å². The number of hydrogen-bond donors (Lipinski definition) is 1. The number of aryl methyl sites for hydroxylation is 2. The normalized spacial score (nSPS) is 10.5. The molecule has 2 aromatic rings. The van der Waals surface area contributed by atoms with Crippen LogP contribution in [0.4, 0.5) is 5.69 Å². The Morgan fingerprint density at radius 2 is 2.12 bits per heavy atom. The van der Waals surface area contributed by atoms with Crippen molar-refractivity contribution in [2.24, 2.45) is 0 Å². The molecule has 1 aromatic carbocycles. The summed E-state index contributed by atoms with van der Waals surface area (Å²) in [7, 11) is 0. The number of nitrogens with one attached hydrogen (secondary N) is 1. The number of halogens is 1. The molecule has 1 N–H and O–H groups in total. The first-order valence-electron chi connectivity index (χ1n) is 5.76. The second kappa shape index (κ2) is 5.56. The molecule has 0 spiro atoms. The lowest BCUT2D eigenvalue weighted by Gasteiger charge is -2.09. The van der Waals surface area contributed by atoms with E-state index in [0.29, 0.717) is 0 Å². The molecule has 0 atom stereocenters. The van der Waals surface area contributed by atoms with Crippen LogP contribution in [0.3, 0.4) is 0 Å². The SMILES string of the molecule is CCc1cc(NCc2sccc2Cl)ccc1C. The Balaban J connectivity index is 2.07. The lowest BCUT2D eigenvalue weighted by Crippen LogP contribution is -1.99. The third kappa shape index (κ3) is 3.02.